The Morgan fingerprint density at radius 3 is 2.71 bits per heavy atom. The van der Waals surface area contributed by atoms with E-state index in [0.717, 1.165) is 30.3 Å². The van der Waals surface area contributed by atoms with Crippen molar-refractivity contribution < 1.29 is 4.39 Å². The van der Waals surface area contributed by atoms with E-state index in [9.17, 15) is 4.39 Å². The highest BCUT2D eigenvalue weighted by Gasteiger charge is 2.06. The van der Waals surface area contributed by atoms with E-state index < -0.39 is 0 Å². The third kappa shape index (κ3) is 2.67. The lowest BCUT2D eigenvalue weighted by Crippen LogP contribution is -2.14. The molecule has 0 bridgehead atoms. The Bertz CT molecular complexity index is 514. The quantitative estimate of drug-likeness (QED) is 0.789. The summed E-state index contributed by atoms with van der Waals surface area (Å²) < 4.78 is 15.3. The van der Waals surface area contributed by atoms with Crippen LogP contribution in [0, 0.1) is 5.82 Å². The van der Waals surface area contributed by atoms with Crippen LogP contribution < -0.4 is 0 Å². The fourth-order valence-corrected chi connectivity index (χ4v) is 2.19. The number of aromatic nitrogens is 1. The van der Waals surface area contributed by atoms with Crippen LogP contribution in [-0.2, 0) is 13.5 Å². The Morgan fingerprint density at radius 2 is 2.00 bits per heavy atom. The summed E-state index contributed by atoms with van der Waals surface area (Å²) in [5, 5.41) is 0.993. The standard InChI is InChI=1S/C14H19FN2/c1-16(2)8-4-5-13-10-11-9-12(15)6-7-14(11)17(13)3/h6-7,9-10H,4-5,8H2,1-3H3. The van der Waals surface area contributed by atoms with Gasteiger partial charge in [0.05, 0.1) is 0 Å². The van der Waals surface area contributed by atoms with E-state index in [4.69, 9.17) is 0 Å². The smallest absolute Gasteiger partial charge is 0.123 e. The molecule has 2 aromatic rings. The van der Waals surface area contributed by atoms with Crippen molar-refractivity contribution in [1.82, 2.24) is 9.47 Å². The molecule has 92 valence electrons. The highest BCUT2D eigenvalue weighted by Crippen LogP contribution is 2.20. The summed E-state index contributed by atoms with van der Waals surface area (Å²) >= 11 is 0. The van der Waals surface area contributed by atoms with Crippen LogP contribution in [0.1, 0.15) is 12.1 Å². The number of rotatable bonds is 4. The van der Waals surface area contributed by atoms with Crippen LogP contribution in [0.4, 0.5) is 4.39 Å². The summed E-state index contributed by atoms with van der Waals surface area (Å²) in [7, 11) is 6.21. The van der Waals surface area contributed by atoms with E-state index in [1.807, 2.05) is 13.1 Å². The van der Waals surface area contributed by atoms with Gasteiger partial charge in [0.1, 0.15) is 5.82 Å². The predicted molar refractivity (Wildman–Crippen MR) is 69.8 cm³/mol. The van der Waals surface area contributed by atoms with Crippen LogP contribution in [0.25, 0.3) is 10.9 Å². The number of fused-ring (bicyclic) bond motifs is 1. The van der Waals surface area contributed by atoms with Crippen LogP contribution in [0.5, 0.6) is 0 Å². The Hall–Kier alpha value is -1.35. The second kappa shape index (κ2) is 4.88. The molecule has 0 fully saturated rings. The van der Waals surface area contributed by atoms with Gasteiger partial charge in [-0.3, -0.25) is 0 Å². The van der Waals surface area contributed by atoms with Crippen molar-refractivity contribution in [2.45, 2.75) is 12.8 Å². The zero-order valence-corrected chi connectivity index (χ0v) is 10.7. The van der Waals surface area contributed by atoms with Gasteiger partial charge in [0.15, 0.2) is 0 Å². The fraction of sp³-hybridized carbons (Fsp3) is 0.429. The molecule has 0 saturated heterocycles. The molecule has 0 atom stereocenters. The largest absolute Gasteiger partial charge is 0.348 e. The SMILES string of the molecule is CN(C)CCCc1cc2cc(F)ccc2n1C. The molecule has 17 heavy (non-hydrogen) atoms. The van der Waals surface area contributed by atoms with Gasteiger partial charge in [0, 0.05) is 23.6 Å². The maximum atomic E-state index is 13.1. The number of halogens is 1. The summed E-state index contributed by atoms with van der Waals surface area (Å²) in [5.41, 5.74) is 2.37. The number of nitrogens with zero attached hydrogens (tertiary/aromatic N) is 2. The number of hydrogen-bond donors (Lipinski definition) is 0. The van der Waals surface area contributed by atoms with Crippen LogP contribution in [-0.4, -0.2) is 30.1 Å². The second-order valence-corrected chi connectivity index (χ2v) is 4.80. The molecule has 1 aromatic carbocycles. The minimum atomic E-state index is -0.164. The van der Waals surface area contributed by atoms with Crippen molar-refractivity contribution in [3.63, 3.8) is 0 Å². The van der Waals surface area contributed by atoms with Gasteiger partial charge in [0.25, 0.3) is 0 Å². The van der Waals surface area contributed by atoms with Crippen LogP contribution in [0.3, 0.4) is 0 Å². The van der Waals surface area contributed by atoms with Crippen molar-refractivity contribution in [3.8, 4) is 0 Å². The molecule has 0 aliphatic carbocycles. The maximum absolute atomic E-state index is 13.1. The first-order valence-electron chi connectivity index (χ1n) is 5.96. The molecule has 0 spiro atoms. The molecule has 3 heteroatoms. The van der Waals surface area contributed by atoms with Crippen LogP contribution in [0.15, 0.2) is 24.3 Å². The average Bonchev–Trinajstić information content (AvgIpc) is 2.55. The second-order valence-electron chi connectivity index (χ2n) is 4.80. The van der Waals surface area contributed by atoms with Gasteiger partial charge >= 0.3 is 0 Å². The normalized spacial score (nSPS) is 11.6. The molecule has 0 unspecified atom stereocenters. The van der Waals surface area contributed by atoms with E-state index in [2.05, 4.69) is 29.6 Å². The molecule has 0 aliphatic heterocycles. The highest BCUT2D eigenvalue weighted by atomic mass is 19.1. The van der Waals surface area contributed by atoms with Gasteiger partial charge in [0.2, 0.25) is 0 Å². The van der Waals surface area contributed by atoms with Crippen LogP contribution in [0.2, 0.25) is 0 Å². The summed E-state index contributed by atoms with van der Waals surface area (Å²) in [6.45, 7) is 1.08. The summed E-state index contributed by atoms with van der Waals surface area (Å²) in [6.07, 6.45) is 2.16. The monoisotopic (exact) mass is 234 g/mol. The topological polar surface area (TPSA) is 8.17 Å². The number of aryl methyl sites for hydroxylation is 2. The molecular weight excluding hydrogens is 215 g/mol. The van der Waals surface area contributed by atoms with Gasteiger partial charge in [-0.1, -0.05) is 0 Å². The maximum Gasteiger partial charge on any atom is 0.123 e. The van der Waals surface area contributed by atoms with Crippen molar-refractivity contribution >= 4 is 10.9 Å². The zero-order valence-electron chi connectivity index (χ0n) is 10.7. The molecular formula is C14H19FN2. The third-order valence-corrected chi connectivity index (χ3v) is 3.14. The van der Waals surface area contributed by atoms with E-state index in [1.165, 1.54) is 11.8 Å². The molecule has 2 nitrogen and oxygen atoms in total. The average molecular weight is 234 g/mol. The minimum absolute atomic E-state index is 0.164. The van der Waals surface area contributed by atoms with Gasteiger partial charge in [-0.2, -0.15) is 0 Å². The van der Waals surface area contributed by atoms with Crippen molar-refractivity contribution in [2.75, 3.05) is 20.6 Å². The lowest BCUT2D eigenvalue weighted by Gasteiger charge is -2.09. The highest BCUT2D eigenvalue weighted by molar-refractivity contribution is 5.81. The number of hydrogen-bond acceptors (Lipinski definition) is 1. The number of benzene rings is 1. The van der Waals surface area contributed by atoms with E-state index in [1.54, 1.807) is 6.07 Å². The molecule has 1 aromatic heterocycles. The lowest BCUT2D eigenvalue weighted by molar-refractivity contribution is 0.399. The first kappa shape index (κ1) is 12.1. The van der Waals surface area contributed by atoms with E-state index in [0.29, 0.717) is 0 Å². The third-order valence-electron chi connectivity index (χ3n) is 3.14. The summed E-state index contributed by atoms with van der Waals surface area (Å²) in [6, 6.07) is 7.06. The first-order chi connectivity index (χ1) is 8.08. The Kier molecular flexibility index (Phi) is 3.48. The van der Waals surface area contributed by atoms with E-state index in [-0.39, 0.29) is 5.82 Å². The van der Waals surface area contributed by atoms with Crippen molar-refractivity contribution in [1.29, 1.82) is 0 Å². The van der Waals surface area contributed by atoms with E-state index >= 15 is 0 Å². The lowest BCUT2D eigenvalue weighted by atomic mass is 10.2. The molecule has 2 rings (SSSR count). The molecule has 0 aliphatic rings. The van der Waals surface area contributed by atoms with Gasteiger partial charge < -0.3 is 9.47 Å². The minimum Gasteiger partial charge on any atom is -0.348 e. The Labute approximate surface area is 102 Å². The molecule has 1 heterocycles. The fourth-order valence-electron chi connectivity index (χ4n) is 2.19. The van der Waals surface area contributed by atoms with Gasteiger partial charge in [-0.25, -0.2) is 4.39 Å². The van der Waals surface area contributed by atoms with Crippen molar-refractivity contribution in [3.05, 3.63) is 35.8 Å². The Balaban J connectivity index is 2.20. The van der Waals surface area contributed by atoms with Crippen molar-refractivity contribution in [2.24, 2.45) is 7.05 Å². The predicted octanol–water partition coefficient (Wildman–Crippen LogP) is 2.81. The molecule has 0 saturated carbocycles. The molecule has 0 radical (unpaired) electrons. The van der Waals surface area contributed by atoms with Crippen LogP contribution >= 0.6 is 0 Å². The summed E-state index contributed by atoms with van der Waals surface area (Å²) in [5.74, 6) is -0.164. The van der Waals surface area contributed by atoms with Gasteiger partial charge in [-0.15, -0.1) is 0 Å². The molecule has 0 N–H and O–H groups in total. The Morgan fingerprint density at radius 1 is 1.24 bits per heavy atom. The first-order valence-corrected chi connectivity index (χ1v) is 5.96. The molecule has 0 amide bonds. The summed E-state index contributed by atoms with van der Waals surface area (Å²) in [4.78, 5) is 2.18. The zero-order chi connectivity index (χ0) is 12.4. The van der Waals surface area contributed by atoms with Gasteiger partial charge in [-0.05, 0) is 57.7 Å².